The van der Waals surface area contributed by atoms with Gasteiger partial charge in [0.15, 0.2) is 5.76 Å². The minimum atomic E-state index is -0.954. The van der Waals surface area contributed by atoms with Crippen molar-refractivity contribution in [2.75, 3.05) is 26.0 Å². The minimum absolute atomic E-state index is 0.0105. The zero-order valence-electron chi connectivity index (χ0n) is 18.2. The van der Waals surface area contributed by atoms with Crippen LogP contribution in [0.3, 0.4) is 0 Å². The maximum absolute atomic E-state index is 14.9. The van der Waals surface area contributed by atoms with E-state index in [9.17, 15) is 14.3 Å². The van der Waals surface area contributed by atoms with Gasteiger partial charge in [-0.15, -0.1) is 0 Å². The fourth-order valence-electron chi connectivity index (χ4n) is 4.77. The van der Waals surface area contributed by atoms with Gasteiger partial charge in [0.2, 0.25) is 0 Å². The van der Waals surface area contributed by atoms with Gasteiger partial charge in [0.05, 0.1) is 24.1 Å². The Bertz CT molecular complexity index is 1160. The summed E-state index contributed by atoms with van der Waals surface area (Å²) in [6.45, 7) is 0. The van der Waals surface area contributed by atoms with Crippen molar-refractivity contribution < 1.29 is 18.7 Å². The van der Waals surface area contributed by atoms with Crippen LogP contribution in [0.5, 0.6) is 5.75 Å². The van der Waals surface area contributed by atoms with Gasteiger partial charge in [0.1, 0.15) is 23.3 Å². The largest absolute Gasteiger partial charge is 0.507 e. The predicted octanol–water partition coefficient (Wildman–Crippen LogP) is 2.96. The van der Waals surface area contributed by atoms with Crippen LogP contribution in [0.15, 0.2) is 35.0 Å². The number of rotatable bonds is 4. The monoisotopic (exact) mass is 439 g/mol. The molecule has 2 unspecified atom stereocenters. The lowest BCUT2D eigenvalue weighted by atomic mass is 9.96. The van der Waals surface area contributed by atoms with Crippen LogP contribution in [-0.2, 0) is 0 Å². The van der Waals surface area contributed by atoms with Crippen molar-refractivity contribution in [2.45, 2.75) is 43.6 Å². The van der Waals surface area contributed by atoms with E-state index in [0.29, 0.717) is 34.1 Å². The number of amides is 1. The number of carbonyl (C=O) groups is 1. The summed E-state index contributed by atoms with van der Waals surface area (Å²) in [5.74, 6) is 0.532. The molecule has 1 amide bonds. The van der Waals surface area contributed by atoms with E-state index in [1.54, 1.807) is 44.7 Å². The molecule has 0 aliphatic carbocycles. The fraction of sp³-hybridized carbons (Fsp3) is 0.435. The quantitative estimate of drug-likeness (QED) is 0.645. The summed E-state index contributed by atoms with van der Waals surface area (Å²) < 4.78 is 20.6. The zero-order valence-corrected chi connectivity index (χ0v) is 18.2. The molecule has 2 aliphatic rings. The van der Waals surface area contributed by atoms with Gasteiger partial charge in [0, 0.05) is 44.2 Å². The number of aromatic hydroxyl groups is 1. The molecule has 1 aromatic carbocycles. The van der Waals surface area contributed by atoms with Crippen molar-refractivity contribution in [1.29, 1.82) is 0 Å². The van der Waals surface area contributed by atoms with Gasteiger partial charge in [-0.05, 0) is 37.5 Å². The first-order chi connectivity index (χ1) is 15.3. The number of fused-ring (bicyclic) bond motifs is 3. The van der Waals surface area contributed by atoms with Gasteiger partial charge in [-0.2, -0.15) is 0 Å². The number of phenolic OH excluding ortho intramolecular Hbond substituents is 1. The lowest BCUT2D eigenvalue weighted by Crippen LogP contribution is -2.55. The Labute approximate surface area is 185 Å². The van der Waals surface area contributed by atoms with E-state index in [-0.39, 0.29) is 29.5 Å². The second kappa shape index (κ2) is 7.74. The normalized spacial score (nSPS) is 24.6. The second-order valence-corrected chi connectivity index (χ2v) is 8.88. The maximum Gasteiger partial charge on any atom is 0.289 e. The van der Waals surface area contributed by atoms with Crippen LogP contribution < -0.4 is 10.2 Å². The molecule has 2 aliphatic heterocycles. The molecule has 8 nitrogen and oxygen atoms in total. The molecule has 2 N–H and O–H groups in total. The Kier molecular flexibility index (Phi) is 5.00. The van der Waals surface area contributed by atoms with E-state index in [1.807, 2.05) is 11.9 Å². The zero-order chi connectivity index (χ0) is 22.6. The number of halogens is 1. The molecule has 3 aromatic rings. The molecule has 0 saturated carbocycles. The molecule has 5 rings (SSSR count). The lowest BCUT2D eigenvalue weighted by Gasteiger charge is -2.38. The van der Waals surface area contributed by atoms with E-state index in [2.05, 4.69) is 15.3 Å². The van der Waals surface area contributed by atoms with E-state index < -0.39 is 6.17 Å². The van der Waals surface area contributed by atoms with Crippen molar-refractivity contribution in [1.82, 2.24) is 20.2 Å². The molecular weight excluding hydrogens is 413 g/mol. The number of aromatic nitrogens is 2. The fourth-order valence-corrected chi connectivity index (χ4v) is 4.77. The van der Waals surface area contributed by atoms with Gasteiger partial charge < -0.3 is 24.6 Å². The average molecular weight is 439 g/mol. The first-order valence-corrected chi connectivity index (χ1v) is 10.8. The molecule has 4 heterocycles. The van der Waals surface area contributed by atoms with Crippen LogP contribution in [0.4, 0.5) is 10.2 Å². The van der Waals surface area contributed by atoms with Gasteiger partial charge >= 0.3 is 0 Å². The van der Waals surface area contributed by atoms with Crippen LogP contribution in [0.1, 0.15) is 29.8 Å². The third kappa shape index (κ3) is 3.46. The summed E-state index contributed by atoms with van der Waals surface area (Å²) in [6, 6.07) is 4.81. The highest BCUT2D eigenvalue weighted by molar-refractivity contribution is 5.97. The van der Waals surface area contributed by atoms with Crippen molar-refractivity contribution in [2.24, 2.45) is 0 Å². The molecule has 2 bridgehead atoms. The number of nitrogens with zero attached hydrogens (tertiary/aromatic N) is 4. The van der Waals surface area contributed by atoms with Gasteiger partial charge in [-0.3, -0.25) is 9.78 Å². The molecule has 168 valence electrons. The number of furan rings is 1. The van der Waals surface area contributed by atoms with Crippen molar-refractivity contribution in [3.05, 3.63) is 36.4 Å². The Morgan fingerprint density at radius 1 is 1.19 bits per heavy atom. The number of nitrogens with one attached hydrogen (secondary N) is 1. The SMILES string of the molecule is CN(C)C(=O)c1cc2cc(O)c(-c3cnc(N(C)[C@@H]4CC5CCC(N5)[C@@H]4F)cn3)cc2o1. The number of piperidine rings is 1. The van der Waals surface area contributed by atoms with Crippen LogP contribution >= 0.6 is 0 Å². The topological polar surface area (TPSA) is 94.7 Å². The van der Waals surface area contributed by atoms with E-state index in [4.69, 9.17) is 4.42 Å². The lowest BCUT2D eigenvalue weighted by molar-refractivity contribution is 0.0799. The maximum atomic E-state index is 14.9. The van der Waals surface area contributed by atoms with E-state index in [0.717, 1.165) is 19.3 Å². The minimum Gasteiger partial charge on any atom is -0.507 e. The predicted molar refractivity (Wildman–Crippen MR) is 119 cm³/mol. The molecule has 0 radical (unpaired) electrons. The number of carbonyl (C=O) groups excluding carboxylic acids is 1. The molecule has 2 fully saturated rings. The summed E-state index contributed by atoms with van der Waals surface area (Å²) in [4.78, 5) is 24.4. The van der Waals surface area contributed by atoms with Gasteiger partial charge in [0.25, 0.3) is 5.91 Å². The van der Waals surface area contributed by atoms with Crippen LogP contribution in [-0.4, -0.2) is 71.3 Å². The summed E-state index contributed by atoms with van der Waals surface area (Å²) in [6.07, 6.45) is 4.82. The van der Waals surface area contributed by atoms with Crippen LogP contribution in [0, 0.1) is 0 Å². The highest BCUT2D eigenvalue weighted by Crippen LogP contribution is 2.35. The van der Waals surface area contributed by atoms with E-state index in [1.165, 1.54) is 4.90 Å². The first kappa shape index (κ1) is 20.7. The molecule has 2 aromatic heterocycles. The molecule has 32 heavy (non-hydrogen) atoms. The Hall–Kier alpha value is -3.20. The highest BCUT2D eigenvalue weighted by atomic mass is 19.1. The summed E-state index contributed by atoms with van der Waals surface area (Å²) in [5, 5.41) is 14.5. The van der Waals surface area contributed by atoms with Crippen molar-refractivity contribution in [3.8, 4) is 17.0 Å². The molecular formula is C23H26FN5O3. The summed E-state index contributed by atoms with van der Waals surface area (Å²) in [7, 11) is 5.14. The number of phenols is 1. The third-order valence-electron chi connectivity index (χ3n) is 6.58. The Balaban J connectivity index is 1.41. The number of benzene rings is 1. The second-order valence-electron chi connectivity index (χ2n) is 8.88. The molecule has 0 spiro atoms. The molecule has 2 saturated heterocycles. The Morgan fingerprint density at radius 3 is 2.72 bits per heavy atom. The number of hydrogen-bond acceptors (Lipinski definition) is 7. The first-order valence-electron chi connectivity index (χ1n) is 10.8. The van der Waals surface area contributed by atoms with Crippen LogP contribution in [0.25, 0.3) is 22.2 Å². The molecule has 4 atom stereocenters. The Morgan fingerprint density at radius 2 is 2.00 bits per heavy atom. The number of hydrogen-bond donors (Lipinski definition) is 2. The number of alkyl halides is 1. The highest BCUT2D eigenvalue weighted by Gasteiger charge is 2.43. The van der Waals surface area contributed by atoms with E-state index >= 15 is 0 Å². The smallest absolute Gasteiger partial charge is 0.289 e. The van der Waals surface area contributed by atoms with Crippen molar-refractivity contribution in [3.63, 3.8) is 0 Å². The average Bonchev–Trinajstić information content (AvgIpc) is 3.39. The molecule has 9 heteroatoms. The van der Waals surface area contributed by atoms with Crippen molar-refractivity contribution >= 4 is 22.7 Å². The van der Waals surface area contributed by atoms with Gasteiger partial charge in [-0.25, -0.2) is 9.37 Å². The van der Waals surface area contributed by atoms with Crippen LogP contribution in [0.2, 0.25) is 0 Å². The summed E-state index contributed by atoms with van der Waals surface area (Å²) >= 11 is 0. The van der Waals surface area contributed by atoms with Gasteiger partial charge in [-0.1, -0.05) is 0 Å². The number of anilines is 1. The third-order valence-corrected chi connectivity index (χ3v) is 6.58. The standard InChI is InChI=1S/C23H26FN5O3/c1-28(2)23(31)20-7-12-6-18(30)14(9-19(12)32-20)16-10-26-21(11-25-16)29(3)17-8-13-4-5-15(27-13)22(17)24/h6-7,9-11,13,15,17,22,27,30H,4-5,8H2,1-3H3/t13?,15?,17-,22+/m1/s1. The summed E-state index contributed by atoms with van der Waals surface area (Å²) in [5.41, 5.74) is 1.37.